The number of hydrogen-bond acceptors (Lipinski definition) is 6. The van der Waals surface area contributed by atoms with Crippen LogP contribution >= 0.6 is 0 Å². The topological polar surface area (TPSA) is 80.2 Å². The van der Waals surface area contributed by atoms with Crippen LogP contribution in [0.25, 0.3) is 11.4 Å². The van der Waals surface area contributed by atoms with E-state index in [4.69, 9.17) is 4.74 Å². The van der Waals surface area contributed by atoms with E-state index in [2.05, 4.69) is 20.3 Å². The van der Waals surface area contributed by atoms with Crippen LogP contribution in [-0.4, -0.2) is 52.1 Å². The molecule has 0 aliphatic carbocycles. The Morgan fingerprint density at radius 1 is 1.07 bits per heavy atom. The zero-order valence-electron chi connectivity index (χ0n) is 16.3. The van der Waals surface area contributed by atoms with Crippen LogP contribution in [0.5, 0.6) is 0 Å². The molecule has 1 fully saturated rings. The van der Waals surface area contributed by atoms with Gasteiger partial charge in [0.1, 0.15) is 5.82 Å². The predicted octanol–water partition coefficient (Wildman–Crippen LogP) is 2.99. The van der Waals surface area contributed by atoms with Crippen molar-refractivity contribution < 1.29 is 9.53 Å². The van der Waals surface area contributed by atoms with Crippen molar-refractivity contribution in [1.82, 2.24) is 19.9 Å². The maximum atomic E-state index is 12.4. The number of carbonyl (C=O) groups excluding carboxylic acids is 1. The molecule has 4 rings (SSSR count). The summed E-state index contributed by atoms with van der Waals surface area (Å²) in [5.41, 5.74) is 3.69. The molecule has 0 bridgehead atoms. The van der Waals surface area contributed by atoms with Crippen LogP contribution in [0.4, 0.5) is 11.5 Å². The molecule has 0 saturated carbocycles. The number of ether oxygens (including phenoxy) is 1. The first-order valence-corrected chi connectivity index (χ1v) is 9.65. The van der Waals surface area contributed by atoms with E-state index in [9.17, 15) is 4.79 Å². The third kappa shape index (κ3) is 4.94. The molecule has 148 valence electrons. The minimum absolute atomic E-state index is 0.141. The molecule has 0 radical (unpaired) electrons. The van der Waals surface area contributed by atoms with Crippen molar-refractivity contribution >= 4 is 17.4 Å². The van der Waals surface area contributed by atoms with Gasteiger partial charge in [-0.1, -0.05) is 12.1 Å². The van der Waals surface area contributed by atoms with Crippen molar-refractivity contribution in [2.24, 2.45) is 0 Å². The van der Waals surface area contributed by atoms with Gasteiger partial charge in [-0.25, -0.2) is 9.97 Å². The van der Waals surface area contributed by atoms with Crippen LogP contribution in [-0.2, 0) is 16.0 Å². The monoisotopic (exact) mass is 389 g/mol. The Morgan fingerprint density at radius 2 is 1.79 bits per heavy atom. The molecule has 1 aromatic carbocycles. The van der Waals surface area contributed by atoms with Crippen LogP contribution in [0.15, 0.2) is 54.9 Å². The summed E-state index contributed by atoms with van der Waals surface area (Å²) in [5, 5.41) is 3.32. The third-order valence-electron chi connectivity index (χ3n) is 4.74. The zero-order valence-corrected chi connectivity index (χ0v) is 16.3. The van der Waals surface area contributed by atoms with E-state index in [-0.39, 0.29) is 5.91 Å². The third-order valence-corrected chi connectivity index (χ3v) is 4.74. The summed E-state index contributed by atoms with van der Waals surface area (Å²) in [6.07, 6.45) is 3.86. The Kier molecular flexibility index (Phi) is 5.76. The summed E-state index contributed by atoms with van der Waals surface area (Å²) < 4.78 is 5.30. The highest BCUT2D eigenvalue weighted by Crippen LogP contribution is 2.20. The molecule has 1 amide bonds. The smallest absolute Gasteiger partial charge is 0.227 e. The minimum atomic E-state index is 0.141. The fourth-order valence-electron chi connectivity index (χ4n) is 3.22. The summed E-state index contributed by atoms with van der Waals surface area (Å²) in [4.78, 5) is 27.4. The van der Waals surface area contributed by atoms with Gasteiger partial charge in [0, 0.05) is 48.5 Å². The number of aromatic nitrogens is 3. The zero-order chi connectivity index (χ0) is 20.1. The average molecular weight is 389 g/mol. The summed E-state index contributed by atoms with van der Waals surface area (Å²) in [6, 6.07) is 13.5. The molecule has 1 aliphatic heterocycles. The summed E-state index contributed by atoms with van der Waals surface area (Å²) in [5.74, 6) is 1.52. The highest BCUT2D eigenvalue weighted by molar-refractivity contribution is 5.79. The van der Waals surface area contributed by atoms with Gasteiger partial charge in [-0.05, 0) is 36.8 Å². The minimum Gasteiger partial charge on any atom is -0.378 e. The van der Waals surface area contributed by atoms with E-state index in [1.165, 1.54) is 0 Å². The normalized spacial score (nSPS) is 13.9. The number of pyridine rings is 1. The Morgan fingerprint density at radius 3 is 2.52 bits per heavy atom. The molecule has 0 spiro atoms. The highest BCUT2D eigenvalue weighted by Gasteiger charge is 2.16. The first kappa shape index (κ1) is 19.0. The van der Waals surface area contributed by atoms with Gasteiger partial charge in [-0.3, -0.25) is 9.78 Å². The van der Waals surface area contributed by atoms with Gasteiger partial charge in [0.05, 0.1) is 19.6 Å². The van der Waals surface area contributed by atoms with Crippen LogP contribution in [0.3, 0.4) is 0 Å². The Hall–Kier alpha value is -3.32. The van der Waals surface area contributed by atoms with E-state index in [1.54, 1.807) is 12.4 Å². The van der Waals surface area contributed by atoms with Crippen molar-refractivity contribution in [3.63, 3.8) is 0 Å². The number of amides is 1. The van der Waals surface area contributed by atoms with Gasteiger partial charge >= 0.3 is 0 Å². The molecule has 3 heterocycles. The van der Waals surface area contributed by atoms with Gasteiger partial charge in [-0.15, -0.1) is 0 Å². The fraction of sp³-hybridized carbons (Fsp3) is 0.273. The van der Waals surface area contributed by atoms with Gasteiger partial charge in [0.25, 0.3) is 0 Å². The largest absolute Gasteiger partial charge is 0.378 e. The number of rotatable bonds is 5. The predicted molar refractivity (Wildman–Crippen MR) is 111 cm³/mol. The second-order valence-electron chi connectivity index (χ2n) is 6.95. The van der Waals surface area contributed by atoms with Crippen molar-refractivity contribution in [1.29, 1.82) is 0 Å². The quantitative estimate of drug-likeness (QED) is 0.723. The summed E-state index contributed by atoms with van der Waals surface area (Å²) in [7, 11) is 0. The van der Waals surface area contributed by atoms with Crippen molar-refractivity contribution in [3.05, 3.63) is 66.1 Å². The Balaban J connectivity index is 1.43. The molecule has 0 unspecified atom stereocenters. The molecule has 1 N–H and O–H groups in total. The van der Waals surface area contributed by atoms with E-state index < -0.39 is 0 Å². The Labute approximate surface area is 169 Å². The van der Waals surface area contributed by atoms with Crippen LogP contribution < -0.4 is 5.32 Å². The average Bonchev–Trinajstić information content (AvgIpc) is 2.76. The number of nitrogens with zero attached hydrogens (tertiary/aromatic N) is 4. The first-order chi connectivity index (χ1) is 14.2. The Bertz CT molecular complexity index is 970. The van der Waals surface area contributed by atoms with E-state index in [0.717, 1.165) is 28.3 Å². The van der Waals surface area contributed by atoms with Crippen LogP contribution in [0.1, 0.15) is 11.3 Å². The number of nitrogens with one attached hydrogen (secondary N) is 1. The highest BCUT2D eigenvalue weighted by atomic mass is 16.5. The number of carbonyl (C=O) groups is 1. The molecule has 2 aromatic heterocycles. The van der Waals surface area contributed by atoms with Gasteiger partial charge in [-0.2, -0.15) is 0 Å². The number of benzene rings is 1. The summed E-state index contributed by atoms with van der Waals surface area (Å²) in [6.45, 7) is 4.53. The van der Waals surface area contributed by atoms with Crippen LogP contribution in [0, 0.1) is 6.92 Å². The van der Waals surface area contributed by atoms with E-state index >= 15 is 0 Å². The standard InChI is InChI=1S/C22H23N5O2/c1-16-14-20(26-22(24-16)18-6-8-23-9-7-18)25-19-4-2-17(3-5-19)15-21(28)27-10-12-29-13-11-27/h2-9,14H,10-13,15H2,1H3,(H,24,25,26). The second kappa shape index (κ2) is 8.79. The number of morpholine rings is 1. The molecule has 1 saturated heterocycles. The molecular weight excluding hydrogens is 366 g/mol. The van der Waals surface area contributed by atoms with E-state index in [0.29, 0.717) is 38.5 Å². The van der Waals surface area contributed by atoms with Crippen molar-refractivity contribution in [2.75, 3.05) is 31.6 Å². The lowest BCUT2D eigenvalue weighted by Crippen LogP contribution is -2.41. The van der Waals surface area contributed by atoms with Gasteiger partial charge in [0.15, 0.2) is 5.82 Å². The molecule has 1 aliphatic rings. The maximum absolute atomic E-state index is 12.4. The molecule has 7 heteroatoms. The number of hydrogen-bond donors (Lipinski definition) is 1. The van der Waals surface area contributed by atoms with E-state index in [1.807, 2.05) is 54.3 Å². The lowest BCUT2D eigenvalue weighted by atomic mass is 10.1. The second-order valence-corrected chi connectivity index (χ2v) is 6.95. The molecule has 3 aromatic rings. The molecule has 29 heavy (non-hydrogen) atoms. The fourth-order valence-corrected chi connectivity index (χ4v) is 3.22. The van der Waals surface area contributed by atoms with Gasteiger partial charge < -0.3 is 15.0 Å². The maximum Gasteiger partial charge on any atom is 0.227 e. The summed E-state index contributed by atoms with van der Waals surface area (Å²) >= 11 is 0. The van der Waals surface area contributed by atoms with Gasteiger partial charge in [0.2, 0.25) is 5.91 Å². The first-order valence-electron chi connectivity index (χ1n) is 9.65. The van der Waals surface area contributed by atoms with Crippen molar-refractivity contribution in [2.45, 2.75) is 13.3 Å². The van der Waals surface area contributed by atoms with Crippen LogP contribution in [0.2, 0.25) is 0 Å². The number of anilines is 2. The SMILES string of the molecule is Cc1cc(Nc2ccc(CC(=O)N3CCOCC3)cc2)nc(-c2ccncc2)n1. The van der Waals surface area contributed by atoms with Crippen molar-refractivity contribution in [3.8, 4) is 11.4 Å². The molecule has 7 nitrogen and oxygen atoms in total. The lowest BCUT2D eigenvalue weighted by Gasteiger charge is -2.26. The molecular formula is C22H23N5O2. The molecule has 0 atom stereocenters. The lowest BCUT2D eigenvalue weighted by molar-refractivity contribution is -0.134. The number of aryl methyl sites for hydroxylation is 1.